The first-order valence-corrected chi connectivity index (χ1v) is 5.62. The minimum Gasteiger partial charge on any atom is -0.383 e. The lowest BCUT2D eigenvalue weighted by atomic mass is 9.99. The number of halogens is 3. The van der Waals surface area contributed by atoms with Crippen molar-refractivity contribution in [1.29, 1.82) is 0 Å². The van der Waals surface area contributed by atoms with Crippen LogP contribution in [0.15, 0.2) is 30.5 Å². The number of aliphatic hydroxyl groups excluding tert-OH is 1. The predicted octanol–water partition coefficient (Wildman–Crippen LogP) is 3.40. The number of nitrogens with zero attached hydrogens (tertiary/aromatic N) is 1. The summed E-state index contributed by atoms with van der Waals surface area (Å²) in [5.74, 6) is -1.55. The lowest BCUT2D eigenvalue weighted by Crippen LogP contribution is -2.07. The molecule has 2 rings (SSSR count). The van der Waals surface area contributed by atoms with Crippen LogP contribution in [-0.2, 0) is 0 Å². The summed E-state index contributed by atoms with van der Waals surface area (Å²) in [4.78, 5) is 3.75. The molecule has 1 heterocycles. The van der Waals surface area contributed by atoms with E-state index in [1.807, 2.05) is 0 Å². The molecule has 0 radical (unpaired) electrons. The quantitative estimate of drug-likeness (QED) is 0.848. The van der Waals surface area contributed by atoms with Crippen LogP contribution < -0.4 is 0 Å². The zero-order valence-corrected chi connectivity index (χ0v) is 10.2. The molecule has 1 unspecified atom stereocenters. The second kappa shape index (κ2) is 5.00. The summed E-state index contributed by atoms with van der Waals surface area (Å²) >= 11 is 5.68. The number of aromatic nitrogens is 1. The second-order valence-electron chi connectivity index (χ2n) is 3.91. The summed E-state index contributed by atoms with van der Waals surface area (Å²) in [6.07, 6.45) is -0.0441. The molecule has 1 aromatic carbocycles. The standard InChI is InChI=1S/C13H10ClF2NO/c1-7-2-3-9(15)11(12(7)16)13(18)8-4-5-17-10(14)6-8/h2-6,13,18H,1H3. The maximum atomic E-state index is 13.9. The average Bonchev–Trinajstić information content (AvgIpc) is 2.34. The van der Waals surface area contributed by atoms with E-state index in [4.69, 9.17) is 11.6 Å². The van der Waals surface area contributed by atoms with Gasteiger partial charge < -0.3 is 5.11 Å². The van der Waals surface area contributed by atoms with E-state index in [1.165, 1.54) is 31.3 Å². The van der Waals surface area contributed by atoms with Crippen molar-refractivity contribution in [2.45, 2.75) is 13.0 Å². The number of aliphatic hydroxyl groups is 1. The summed E-state index contributed by atoms with van der Waals surface area (Å²) < 4.78 is 27.5. The van der Waals surface area contributed by atoms with Gasteiger partial charge >= 0.3 is 0 Å². The van der Waals surface area contributed by atoms with Crippen LogP contribution in [0.5, 0.6) is 0 Å². The molecule has 2 nitrogen and oxygen atoms in total. The molecule has 18 heavy (non-hydrogen) atoms. The molecule has 0 saturated heterocycles. The summed E-state index contributed by atoms with van der Waals surface area (Å²) in [6, 6.07) is 5.27. The normalized spacial score (nSPS) is 12.5. The van der Waals surface area contributed by atoms with E-state index in [-0.39, 0.29) is 16.3 Å². The number of aryl methyl sites for hydroxylation is 1. The highest BCUT2D eigenvalue weighted by Gasteiger charge is 2.21. The molecular weight excluding hydrogens is 260 g/mol. The highest BCUT2D eigenvalue weighted by Crippen LogP contribution is 2.28. The fraction of sp³-hybridized carbons (Fsp3) is 0.154. The van der Waals surface area contributed by atoms with Crippen molar-refractivity contribution in [2.24, 2.45) is 0 Å². The van der Waals surface area contributed by atoms with Gasteiger partial charge in [0.1, 0.15) is 22.9 Å². The van der Waals surface area contributed by atoms with Crippen molar-refractivity contribution < 1.29 is 13.9 Å². The van der Waals surface area contributed by atoms with Crippen LogP contribution in [0.2, 0.25) is 5.15 Å². The van der Waals surface area contributed by atoms with Crippen molar-refractivity contribution >= 4 is 11.6 Å². The maximum absolute atomic E-state index is 13.9. The first-order valence-electron chi connectivity index (χ1n) is 5.24. The Morgan fingerprint density at radius 2 is 2.00 bits per heavy atom. The number of benzene rings is 1. The minimum atomic E-state index is -1.41. The van der Waals surface area contributed by atoms with Crippen molar-refractivity contribution in [1.82, 2.24) is 4.98 Å². The topological polar surface area (TPSA) is 33.1 Å². The van der Waals surface area contributed by atoms with Gasteiger partial charge in [0.2, 0.25) is 0 Å². The molecule has 1 N–H and O–H groups in total. The Balaban J connectivity index is 2.52. The molecular formula is C13H10ClF2NO. The minimum absolute atomic E-state index is 0.153. The molecule has 1 aromatic heterocycles. The van der Waals surface area contributed by atoms with Gasteiger partial charge in [-0.2, -0.15) is 0 Å². The third kappa shape index (κ3) is 2.35. The SMILES string of the molecule is Cc1ccc(F)c(C(O)c2ccnc(Cl)c2)c1F. The van der Waals surface area contributed by atoms with Crippen LogP contribution in [0.4, 0.5) is 8.78 Å². The van der Waals surface area contributed by atoms with Gasteiger partial charge in [-0.05, 0) is 36.2 Å². The summed E-state index contributed by atoms with van der Waals surface area (Å²) in [5.41, 5.74) is 0.182. The van der Waals surface area contributed by atoms with Crippen molar-refractivity contribution in [3.63, 3.8) is 0 Å². The molecule has 0 aliphatic heterocycles. The van der Waals surface area contributed by atoms with Gasteiger partial charge in [-0.1, -0.05) is 17.7 Å². The zero-order chi connectivity index (χ0) is 13.3. The third-order valence-corrected chi connectivity index (χ3v) is 2.87. The zero-order valence-electron chi connectivity index (χ0n) is 9.49. The first-order chi connectivity index (χ1) is 8.50. The number of rotatable bonds is 2. The smallest absolute Gasteiger partial charge is 0.135 e. The molecule has 0 aliphatic rings. The van der Waals surface area contributed by atoms with E-state index in [2.05, 4.69) is 4.98 Å². The van der Waals surface area contributed by atoms with Crippen molar-refractivity contribution in [3.8, 4) is 0 Å². The lowest BCUT2D eigenvalue weighted by Gasteiger charge is -2.14. The van der Waals surface area contributed by atoms with Crippen LogP contribution >= 0.6 is 11.6 Å². The maximum Gasteiger partial charge on any atom is 0.135 e. The highest BCUT2D eigenvalue weighted by molar-refractivity contribution is 6.29. The molecule has 0 aliphatic carbocycles. The van der Waals surface area contributed by atoms with E-state index in [0.717, 1.165) is 6.07 Å². The van der Waals surface area contributed by atoms with Crippen molar-refractivity contribution in [3.05, 3.63) is 63.9 Å². The van der Waals surface area contributed by atoms with E-state index in [1.54, 1.807) is 0 Å². The van der Waals surface area contributed by atoms with E-state index in [9.17, 15) is 13.9 Å². The van der Waals surface area contributed by atoms with Crippen LogP contribution in [0.25, 0.3) is 0 Å². The third-order valence-electron chi connectivity index (χ3n) is 2.66. The monoisotopic (exact) mass is 269 g/mol. The van der Waals surface area contributed by atoms with Gasteiger partial charge in [0.05, 0.1) is 5.56 Å². The van der Waals surface area contributed by atoms with Gasteiger partial charge in [0.25, 0.3) is 0 Å². The first kappa shape index (κ1) is 12.9. The molecule has 2 aromatic rings. The van der Waals surface area contributed by atoms with Gasteiger partial charge in [0.15, 0.2) is 0 Å². The van der Waals surface area contributed by atoms with Crippen LogP contribution in [0.3, 0.4) is 0 Å². The second-order valence-corrected chi connectivity index (χ2v) is 4.29. The molecule has 5 heteroatoms. The molecule has 1 atom stereocenters. The highest BCUT2D eigenvalue weighted by atomic mass is 35.5. The summed E-state index contributed by atoms with van der Waals surface area (Å²) in [7, 11) is 0. The van der Waals surface area contributed by atoms with Gasteiger partial charge in [-0.3, -0.25) is 0 Å². The molecule has 0 fully saturated rings. The van der Waals surface area contributed by atoms with Crippen molar-refractivity contribution in [2.75, 3.05) is 0 Å². The molecule has 0 spiro atoms. The predicted molar refractivity (Wildman–Crippen MR) is 64.4 cm³/mol. The lowest BCUT2D eigenvalue weighted by molar-refractivity contribution is 0.208. The van der Waals surface area contributed by atoms with E-state index < -0.39 is 17.7 Å². The Kier molecular flexibility index (Phi) is 3.59. The van der Waals surface area contributed by atoms with Crippen LogP contribution in [0.1, 0.15) is 22.8 Å². The molecule has 94 valence electrons. The van der Waals surface area contributed by atoms with Crippen LogP contribution in [0, 0.1) is 18.6 Å². The summed E-state index contributed by atoms with van der Waals surface area (Å²) in [5, 5.41) is 10.2. The Bertz CT molecular complexity index is 589. The Morgan fingerprint density at radius 1 is 1.28 bits per heavy atom. The Labute approximate surface area is 108 Å². The molecule has 0 saturated carbocycles. The van der Waals surface area contributed by atoms with Crippen LogP contribution in [-0.4, -0.2) is 10.1 Å². The average molecular weight is 270 g/mol. The Morgan fingerprint density at radius 3 is 2.67 bits per heavy atom. The fourth-order valence-corrected chi connectivity index (χ4v) is 1.87. The van der Waals surface area contributed by atoms with E-state index in [0.29, 0.717) is 5.56 Å². The largest absolute Gasteiger partial charge is 0.383 e. The number of hydrogen-bond donors (Lipinski definition) is 1. The van der Waals surface area contributed by atoms with Gasteiger partial charge in [-0.25, -0.2) is 13.8 Å². The summed E-state index contributed by atoms with van der Waals surface area (Å²) in [6.45, 7) is 1.50. The van der Waals surface area contributed by atoms with Gasteiger partial charge in [-0.15, -0.1) is 0 Å². The number of pyridine rings is 1. The molecule has 0 bridgehead atoms. The fourth-order valence-electron chi connectivity index (χ4n) is 1.68. The molecule has 0 amide bonds. The van der Waals surface area contributed by atoms with Gasteiger partial charge in [0, 0.05) is 6.20 Å². The van der Waals surface area contributed by atoms with E-state index >= 15 is 0 Å². The number of hydrogen-bond acceptors (Lipinski definition) is 2. The Hall–Kier alpha value is -1.52.